The Morgan fingerprint density at radius 1 is 0.416 bits per heavy atom. The Morgan fingerprint density at radius 2 is 0.740 bits per heavy atom. The molecule has 0 unspecified atom stereocenters. The molecular weight excluding hydrogens is 983 g/mol. The molecule has 20 heteroatoms. The van der Waals surface area contributed by atoms with Gasteiger partial charge in [0.2, 0.25) is 41.4 Å². The summed E-state index contributed by atoms with van der Waals surface area (Å²) in [6.45, 7) is 12.1. The number of carboxylic acid groups (broad SMARTS) is 1. The van der Waals surface area contributed by atoms with Crippen LogP contribution in [0, 0.1) is 11.8 Å². The van der Waals surface area contributed by atoms with Crippen molar-refractivity contribution in [3.05, 3.63) is 108 Å². The van der Waals surface area contributed by atoms with Gasteiger partial charge in [0.15, 0.2) is 0 Å². The third-order valence-electron chi connectivity index (χ3n) is 12.4. The number of nitrogens with one attached hydrogen (secondary N) is 7. The van der Waals surface area contributed by atoms with Gasteiger partial charge in [-0.3, -0.25) is 33.6 Å². The van der Waals surface area contributed by atoms with E-state index in [0.29, 0.717) is 19.3 Å². The fraction of sp³-hybridized carbons (Fsp3) is 0.544. The summed E-state index contributed by atoms with van der Waals surface area (Å²) in [5.41, 5.74) is 26.5. The van der Waals surface area contributed by atoms with Gasteiger partial charge in [0.05, 0.1) is 12.1 Å². The van der Waals surface area contributed by atoms with Gasteiger partial charge in [0, 0.05) is 13.0 Å². The zero-order chi connectivity index (χ0) is 57.3. The maximum atomic E-state index is 14.0. The van der Waals surface area contributed by atoms with E-state index >= 15 is 0 Å². The van der Waals surface area contributed by atoms with E-state index in [-0.39, 0.29) is 89.3 Å². The lowest BCUT2D eigenvalue weighted by Crippen LogP contribution is -2.58. The Kier molecular flexibility index (Phi) is 32.0. The number of amides is 7. The van der Waals surface area contributed by atoms with Gasteiger partial charge >= 0.3 is 5.97 Å². The zero-order valence-corrected chi connectivity index (χ0v) is 46.1. The first-order chi connectivity index (χ1) is 36.8. The Balaban J connectivity index is 0.0000100. The van der Waals surface area contributed by atoms with Crippen molar-refractivity contribution in [2.24, 2.45) is 34.8 Å². The maximum absolute atomic E-state index is 14.0. The highest BCUT2D eigenvalue weighted by molar-refractivity contribution is 5.96. The molecule has 0 aliphatic heterocycles. The first-order valence-corrected chi connectivity index (χ1v) is 27.2. The molecule has 0 saturated carbocycles. The first kappa shape index (κ1) is 66.4. The van der Waals surface area contributed by atoms with Crippen LogP contribution in [-0.2, 0) is 57.6 Å². The molecule has 0 aromatic heterocycles. The molecule has 3 aromatic carbocycles. The molecule has 0 heterocycles. The SMILES string of the molecule is CC.CC(C)C[C@@H](NC(=O)[C@H](N)Cc1ccccc1)C(=O)N[C@H](CCCN)C(=O)N[C@@H](CCCCNC(=O)[C@@H](CCCN)NC(=O)[C@@H](CC(C)C)NC(=O)[C@@H](Cc1ccccc1)NC(=O)[C@H](N)Cc1ccccc1)C(=O)O. The third-order valence-corrected chi connectivity index (χ3v) is 12.4. The van der Waals surface area contributed by atoms with Crippen LogP contribution in [0.4, 0.5) is 0 Å². The van der Waals surface area contributed by atoms with Crippen LogP contribution in [0.5, 0.6) is 0 Å². The topological polar surface area (TPSA) is 345 Å². The summed E-state index contributed by atoms with van der Waals surface area (Å²) >= 11 is 0. The van der Waals surface area contributed by atoms with E-state index in [1.807, 2.05) is 133 Å². The predicted molar refractivity (Wildman–Crippen MR) is 299 cm³/mol. The molecule has 8 atom stereocenters. The van der Waals surface area contributed by atoms with Crippen molar-refractivity contribution >= 4 is 47.3 Å². The smallest absolute Gasteiger partial charge is 0.326 e. The molecule has 3 aromatic rings. The molecular formula is C57H89N11O9. The maximum Gasteiger partial charge on any atom is 0.326 e. The fourth-order valence-corrected chi connectivity index (χ4v) is 8.28. The summed E-state index contributed by atoms with van der Waals surface area (Å²) in [6.07, 6.45) is 2.61. The van der Waals surface area contributed by atoms with Crippen LogP contribution in [0.15, 0.2) is 91.0 Å². The number of hydrogen-bond acceptors (Lipinski definition) is 12. The number of aliphatic carboxylic acids is 1. The summed E-state index contributed by atoms with van der Waals surface area (Å²) in [7, 11) is 0. The van der Waals surface area contributed by atoms with E-state index in [1.54, 1.807) is 0 Å². The summed E-state index contributed by atoms with van der Waals surface area (Å²) < 4.78 is 0. The molecule has 0 aliphatic carbocycles. The quantitative estimate of drug-likeness (QED) is 0.0377. The molecule has 0 spiro atoms. The first-order valence-electron chi connectivity index (χ1n) is 27.2. The highest BCUT2D eigenvalue weighted by atomic mass is 16.4. The minimum atomic E-state index is -1.34. The Bertz CT molecular complexity index is 2240. The lowest BCUT2D eigenvalue weighted by Gasteiger charge is -2.27. The highest BCUT2D eigenvalue weighted by Gasteiger charge is 2.33. The molecule has 7 amide bonds. The summed E-state index contributed by atoms with van der Waals surface area (Å²) in [5.74, 6) is -5.56. The van der Waals surface area contributed by atoms with E-state index in [0.717, 1.165) is 16.7 Å². The van der Waals surface area contributed by atoms with E-state index < -0.39 is 95.7 Å². The second kappa shape index (κ2) is 37.1. The second-order valence-electron chi connectivity index (χ2n) is 19.9. The minimum Gasteiger partial charge on any atom is -0.480 e. The molecule has 0 fully saturated rings. The van der Waals surface area contributed by atoms with Crippen molar-refractivity contribution in [1.82, 2.24) is 37.2 Å². The average molecular weight is 1070 g/mol. The normalized spacial score (nSPS) is 14.1. The average Bonchev–Trinajstić information content (AvgIpc) is 3.40. The zero-order valence-electron chi connectivity index (χ0n) is 46.1. The fourth-order valence-electron chi connectivity index (χ4n) is 8.28. The number of carboxylic acids is 1. The standard InChI is InChI=1S/C55H83N11O9.C2H6/c1-35(2)30-45(64-48(67)40(58)32-37-18-8-5-9-19-37)52(71)62-43(26-17-28-57)51(70)63-44(55(74)75)24-14-15-29-60-50(69)42(25-16-27-56)61-53(72)46(31-36(3)4)66-54(73)47(34-39-22-12-7-13-23-39)65-49(68)41(59)33-38-20-10-6-11-21-38;1-2/h5-13,18-23,35-36,40-47H,14-17,24-34,56-59H2,1-4H3,(H,60,69)(H,61,72)(H,62,71)(H,63,70)(H,64,67)(H,65,68)(H,66,73)(H,74,75);1-2H3/t40-,41-,42-,43-,44+,45-,46-,47-;/m1./s1. The van der Waals surface area contributed by atoms with Crippen molar-refractivity contribution in [3.63, 3.8) is 0 Å². The minimum absolute atomic E-state index is 0.0194. The van der Waals surface area contributed by atoms with Gasteiger partial charge in [-0.1, -0.05) is 133 Å². The molecule has 77 heavy (non-hydrogen) atoms. The summed E-state index contributed by atoms with van der Waals surface area (Å²) in [5, 5.41) is 29.3. The Labute approximate surface area is 455 Å². The van der Waals surface area contributed by atoms with Gasteiger partial charge in [-0.05, 0) is 112 Å². The van der Waals surface area contributed by atoms with Crippen LogP contribution in [0.25, 0.3) is 0 Å². The Hall–Kier alpha value is -6.74. The molecule has 16 N–H and O–H groups in total. The van der Waals surface area contributed by atoms with Gasteiger partial charge < -0.3 is 65.3 Å². The molecule has 0 saturated heterocycles. The van der Waals surface area contributed by atoms with Crippen LogP contribution >= 0.6 is 0 Å². The van der Waals surface area contributed by atoms with E-state index in [2.05, 4.69) is 37.2 Å². The Morgan fingerprint density at radius 3 is 1.14 bits per heavy atom. The van der Waals surface area contributed by atoms with Crippen LogP contribution in [0.2, 0.25) is 0 Å². The molecule has 0 aliphatic rings. The number of carbonyl (C=O) groups excluding carboxylic acids is 7. The number of hydrogen-bond donors (Lipinski definition) is 12. The van der Waals surface area contributed by atoms with Crippen LogP contribution in [0.1, 0.15) is 116 Å². The largest absolute Gasteiger partial charge is 0.480 e. The summed E-state index contributed by atoms with van der Waals surface area (Å²) in [6, 6.07) is 18.9. The number of carbonyl (C=O) groups is 8. The van der Waals surface area contributed by atoms with Crippen LogP contribution in [-0.4, -0.2) is 120 Å². The number of rotatable bonds is 35. The number of nitrogens with two attached hydrogens (primary N) is 4. The van der Waals surface area contributed by atoms with E-state index in [9.17, 15) is 43.5 Å². The molecule has 0 bridgehead atoms. The molecule has 426 valence electrons. The molecule has 20 nitrogen and oxygen atoms in total. The van der Waals surface area contributed by atoms with Gasteiger partial charge in [-0.15, -0.1) is 0 Å². The number of benzene rings is 3. The van der Waals surface area contributed by atoms with Gasteiger partial charge in [-0.25, -0.2) is 4.79 Å². The van der Waals surface area contributed by atoms with Crippen molar-refractivity contribution < 1.29 is 43.5 Å². The third kappa shape index (κ3) is 26.2. The predicted octanol–water partition coefficient (Wildman–Crippen LogP) is 2.25. The highest BCUT2D eigenvalue weighted by Crippen LogP contribution is 2.13. The van der Waals surface area contributed by atoms with Gasteiger partial charge in [0.1, 0.15) is 36.3 Å². The summed E-state index contributed by atoms with van der Waals surface area (Å²) in [4.78, 5) is 108. The van der Waals surface area contributed by atoms with Crippen molar-refractivity contribution in [3.8, 4) is 0 Å². The monoisotopic (exact) mass is 1070 g/mol. The van der Waals surface area contributed by atoms with Crippen molar-refractivity contribution in [2.75, 3.05) is 19.6 Å². The van der Waals surface area contributed by atoms with Crippen molar-refractivity contribution in [2.45, 2.75) is 167 Å². The van der Waals surface area contributed by atoms with E-state index in [1.165, 1.54) is 0 Å². The van der Waals surface area contributed by atoms with Gasteiger partial charge in [-0.2, -0.15) is 0 Å². The van der Waals surface area contributed by atoms with Crippen molar-refractivity contribution in [1.29, 1.82) is 0 Å². The molecule has 3 rings (SSSR count). The lowest BCUT2D eigenvalue weighted by molar-refractivity contribution is -0.142. The molecule has 0 radical (unpaired) electrons. The number of unbranched alkanes of at least 4 members (excludes halogenated alkanes) is 1. The second-order valence-corrected chi connectivity index (χ2v) is 19.9. The van der Waals surface area contributed by atoms with Crippen LogP contribution < -0.4 is 60.2 Å². The lowest BCUT2D eigenvalue weighted by atomic mass is 10.00. The van der Waals surface area contributed by atoms with E-state index in [4.69, 9.17) is 22.9 Å². The van der Waals surface area contributed by atoms with Crippen LogP contribution in [0.3, 0.4) is 0 Å². The van der Waals surface area contributed by atoms with Gasteiger partial charge in [0.25, 0.3) is 0 Å².